The van der Waals surface area contributed by atoms with Crippen molar-refractivity contribution >= 4 is 15.9 Å². The van der Waals surface area contributed by atoms with E-state index in [2.05, 4.69) is 101 Å². The van der Waals surface area contributed by atoms with E-state index in [1.54, 1.807) is 0 Å². The number of fused-ring (bicyclic) bond motifs is 3. The predicted octanol–water partition coefficient (Wildman–Crippen LogP) is 10.5. The summed E-state index contributed by atoms with van der Waals surface area (Å²) in [7, 11) is 0. The Morgan fingerprint density at radius 2 is 1.10 bits per heavy atom. The van der Waals surface area contributed by atoms with Crippen molar-refractivity contribution in [1.29, 1.82) is 0 Å². The van der Waals surface area contributed by atoms with Gasteiger partial charge in [0.2, 0.25) is 0 Å². The first-order valence-corrected chi connectivity index (χ1v) is 15.8. The van der Waals surface area contributed by atoms with E-state index >= 15 is 0 Å². The molecule has 39 heavy (non-hydrogen) atoms. The molecule has 0 heterocycles. The zero-order chi connectivity index (χ0) is 26.4. The van der Waals surface area contributed by atoms with Gasteiger partial charge in [-0.15, -0.1) is 0 Å². The van der Waals surface area contributed by atoms with Crippen molar-refractivity contribution in [3.05, 3.63) is 117 Å². The Bertz CT molecular complexity index is 1490. The summed E-state index contributed by atoms with van der Waals surface area (Å²) in [6, 6.07) is 31.1. The smallest absolute Gasteiger partial charge is 0.142 e. The summed E-state index contributed by atoms with van der Waals surface area (Å²) < 4.78 is 0.995. The van der Waals surface area contributed by atoms with Gasteiger partial charge >= 0.3 is 0 Å². The second-order valence-electron chi connectivity index (χ2n) is 12.0. The lowest BCUT2D eigenvalue weighted by atomic mass is 9.76. The van der Waals surface area contributed by atoms with E-state index in [4.69, 9.17) is 0 Å². The molecule has 1 nitrogen and oxygen atoms in total. The third kappa shape index (κ3) is 4.41. The lowest BCUT2D eigenvalue weighted by Gasteiger charge is -2.31. The van der Waals surface area contributed by atoms with Gasteiger partial charge in [0.05, 0.1) is 0 Å². The zero-order valence-electron chi connectivity index (χ0n) is 22.6. The van der Waals surface area contributed by atoms with Crippen molar-refractivity contribution in [3.8, 4) is 22.3 Å². The molecular weight excluding hydrogens is 540 g/mol. The Kier molecular flexibility index (Phi) is 6.73. The topological polar surface area (TPSA) is 20.2 Å². The van der Waals surface area contributed by atoms with Gasteiger partial charge < -0.3 is 5.11 Å². The first-order chi connectivity index (χ1) is 19.1. The quantitative estimate of drug-likeness (QED) is 0.256. The fourth-order valence-electron chi connectivity index (χ4n) is 7.69. The number of rotatable bonds is 4. The van der Waals surface area contributed by atoms with Gasteiger partial charge in [-0.3, -0.25) is 0 Å². The number of hydrogen-bond donors (Lipinski definition) is 1. The molecule has 0 saturated heterocycles. The third-order valence-corrected chi connectivity index (χ3v) is 10.3. The number of halogens is 1. The first-order valence-electron chi connectivity index (χ1n) is 15.0. The van der Waals surface area contributed by atoms with Crippen LogP contribution in [0.25, 0.3) is 22.3 Å². The van der Waals surface area contributed by atoms with Crippen molar-refractivity contribution in [2.24, 2.45) is 0 Å². The van der Waals surface area contributed by atoms with E-state index in [1.165, 1.54) is 80.9 Å². The van der Waals surface area contributed by atoms with Crippen molar-refractivity contribution in [2.75, 3.05) is 0 Å². The van der Waals surface area contributed by atoms with Crippen molar-refractivity contribution in [2.45, 2.75) is 81.6 Å². The fraction of sp³-hybridized carbons (Fsp3) is 0.351. The van der Waals surface area contributed by atoms with Crippen molar-refractivity contribution < 1.29 is 5.11 Å². The highest BCUT2D eigenvalue weighted by molar-refractivity contribution is 9.10. The highest BCUT2D eigenvalue weighted by atomic mass is 79.9. The highest BCUT2D eigenvalue weighted by Crippen LogP contribution is 2.54. The summed E-state index contributed by atoms with van der Waals surface area (Å²) >= 11 is 3.71. The maximum atomic E-state index is 13.0. The van der Waals surface area contributed by atoms with Gasteiger partial charge in [-0.05, 0) is 83.0 Å². The molecule has 0 radical (unpaired) electrons. The minimum absolute atomic E-state index is 0.572. The van der Waals surface area contributed by atoms with E-state index in [0.717, 1.165) is 37.9 Å². The van der Waals surface area contributed by atoms with E-state index in [1.807, 2.05) is 0 Å². The van der Waals surface area contributed by atoms with Gasteiger partial charge in [0.25, 0.3) is 0 Å². The molecule has 0 amide bonds. The summed E-state index contributed by atoms with van der Waals surface area (Å²) in [5.41, 5.74) is 9.18. The molecular formula is C37H37BrO. The highest BCUT2D eigenvalue weighted by Gasteiger charge is 2.44. The molecule has 0 bridgehead atoms. The normalized spacial score (nSPS) is 21.5. The molecule has 4 aromatic rings. The van der Waals surface area contributed by atoms with Crippen LogP contribution < -0.4 is 0 Å². The lowest BCUT2D eigenvalue weighted by molar-refractivity contribution is 0.131. The van der Waals surface area contributed by atoms with E-state index in [0.29, 0.717) is 11.8 Å². The van der Waals surface area contributed by atoms with Crippen molar-refractivity contribution in [1.82, 2.24) is 0 Å². The SMILES string of the molecule is OC1(c2cc(C3CCCCC3)ccc2-c2ccc(C3CCCCC3)cc2)c2ccccc2-c2ccc(Br)cc21. The van der Waals surface area contributed by atoms with Crippen LogP contribution in [0.3, 0.4) is 0 Å². The second kappa shape index (κ2) is 10.4. The largest absolute Gasteiger partial charge is 0.376 e. The van der Waals surface area contributed by atoms with Crippen LogP contribution in [0.5, 0.6) is 0 Å². The molecule has 2 heteroatoms. The molecule has 1 N–H and O–H groups in total. The monoisotopic (exact) mass is 576 g/mol. The maximum Gasteiger partial charge on any atom is 0.142 e. The van der Waals surface area contributed by atoms with Crippen LogP contribution in [-0.2, 0) is 5.60 Å². The summed E-state index contributed by atoms with van der Waals surface area (Å²) in [6.07, 6.45) is 13.1. The van der Waals surface area contributed by atoms with Gasteiger partial charge in [-0.25, -0.2) is 0 Å². The minimum Gasteiger partial charge on any atom is -0.376 e. The average Bonchev–Trinajstić information content (AvgIpc) is 3.26. The lowest BCUT2D eigenvalue weighted by Crippen LogP contribution is -2.27. The van der Waals surface area contributed by atoms with Crippen LogP contribution in [-0.4, -0.2) is 5.11 Å². The Labute approximate surface area is 241 Å². The standard InChI is InChI=1S/C37H37BrO/c38-30-20-22-33-32-13-7-8-14-34(32)37(39,36(33)24-30)35-23-29(26-11-5-2-6-12-26)19-21-31(35)28-17-15-27(16-18-28)25-9-3-1-4-10-25/h7-8,13-26,39H,1-6,9-12H2. The number of hydrogen-bond acceptors (Lipinski definition) is 1. The van der Waals surface area contributed by atoms with Crippen molar-refractivity contribution in [3.63, 3.8) is 0 Å². The van der Waals surface area contributed by atoms with Gasteiger partial charge in [0.1, 0.15) is 5.60 Å². The molecule has 1 atom stereocenters. The summed E-state index contributed by atoms with van der Waals surface area (Å²) in [6.45, 7) is 0. The summed E-state index contributed by atoms with van der Waals surface area (Å²) in [5, 5.41) is 13.0. The molecule has 7 rings (SSSR count). The average molecular weight is 578 g/mol. The summed E-state index contributed by atoms with van der Waals surface area (Å²) in [4.78, 5) is 0. The third-order valence-electron chi connectivity index (χ3n) is 9.79. The Hall–Kier alpha value is -2.68. The molecule has 2 fully saturated rings. The van der Waals surface area contributed by atoms with Crippen LogP contribution in [0.2, 0.25) is 0 Å². The van der Waals surface area contributed by atoms with Gasteiger partial charge in [-0.1, -0.05) is 127 Å². The molecule has 0 aliphatic heterocycles. The zero-order valence-corrected chi connectivity index (χ0v) is 24.2. The molecule has 1 unspecified atom stereocenters. The number of aliphatic hydroxyl groups is 1. The fourth-order valence-corrected chi connectivity index (χ4v) is 8.05. The maximum absolute atomic E-state index is 13.0. The predicted molar refractivity (Wildman–Crippen MR) is 165 cm³/mol. The molecule has 0 aromatic heterocycles. The van der Waals surface area contributed by atoms with E-state index < -0.39 is 5.60 Å². The first kappa shape index (κ1) is 25.3. The van der Waals surface area contributed by atoms with Crippen LogP contribution in [0.4, 0.5) is 0 Å². The van der Waals surface area contributed by atoms with Gasteiger partial charge in [0, 0.05) is 21.2 Å². The van der Waals surface area contributed by atoms with Crippen LogP contribution in [0.1, 0.15) is 104 Å². The Morgan fingerprint density at radius 1 is 0.538 bits per heavy atom. The van der Waals surface area contributed by atoms with E-state index in [9.17, 15) is 5.11 Å². The molecule has 0 spiro atoms. The van der Waals surface area contributed by atoms with E-state index in [-0.39, 0.29) is 0 Å². The minimum atomic E-state index is -1.21. The second-order valence-corrected chi connectivity index (χ2v) is 13.0. The molecule has 198 valence electrons. The Morgan fingerprint density at radius 3 is 1.82 bits per heavy atom. The van der Waals surface area contributed by atoms with Gasteiger partial charge in [0.15, 0.2) is 0 Å². The van der Waals surface area contributed by atoms with Crippen LogP contribution in [0, 0.1) is 0 Å². The summed E-state index contributed by atoms with van der Waals surface area (Å²) in [5.74, 6) is 1.26. The number of benzene rings is 4. The Balaban J connectivity index is 1.41. The molecule has 4 aromatic carbocycles. The molecule has 3 aliphatic rings. The molecule has 2 saturated carbocycles. The molecule has 3 aliphatic carbocycles. The van der Waals surface area contributed by atoms with Crippen LogP contribution >= 0.6 is 15.9 Å². The van der Waals surface area contributed by atoms with Crippen LogP contribution in [0.15, 0.2) is 89.4 Å². The van der Waals surface area contributed by atoms with Gasteiger partial charge in [-0.2, -0.15) is 0 Å².